The Hall–Kier alpha value is -0.430. The third-order valence-corrected chi connectivity index (χ3v) is 6.21. The highest BCUT2D eigenvalue weighted by Gasteiger charge is 2.15. The second-order valence-electron chi connectivity index (χ2n) is 4.40. The molecule has 1 aliphatic rings. The number of hydrogen-bond acceptors (Lipinski definition) is 5. The monoisotopic (exact) mass is 326 g/mol. The fourth-order valence-electron chi connectivity index (χ4n) is 2.02. The molecule has 0 aromatic carbocycles. The Morgan fingerprint density at radius 1 is 1.37 bits per heavy atom. The number of hydrogen-bond donors (Lipinski definition) is 0. The van der Waals surface area contributed by atoms with E-state index in [1.165, 1.54) is 18.4 Å². The van der Waals surface area contributed by atoms with Gasteiger partial charge in [-0.3, -0.25) is 0 Å². The van der Waals surface area contributed by atoms with E-state index in [0.29, 0.717) is 0 Å². The number of thioether (sulfide) groups is 1. The van der Waals surface area contributed by atoms with Crippen molar-refractivity contribution in [3.63, 3.8) is 0 Å². The molecule has 0 aliphatic carbocycles. The van der Waals surface area contributed by atoms with E-state index < -0.39 is 0 Å². The van der Waals surface area contributed by atoms with Gasteiger partial charge in [-0.2, -0.15) is 11.3 Å². The largest absolute Gasteiger partial charge is 0.358 e. The molecule has 0 atom stereocenters. The molecule has 100 valence electrons. The fraction of sp³-hybridized carbons (Fsp3) is 0.385. The van der Waals surface area contributed by atoms with Crippen molar-refractivity contribution in [1.82, 2.24) is 9.88 Å². The molecular formula is C13H14N2S4. The van der Waals surface area contributed by atoms with Crippen molar-refractivity contribution in [3.05, 3.63) is 27.9 Å². The first kappa shape index (κ1) is 13.5. The van der Waals surface area contributed by atoms with Gasteiger partial charge >= 0.3 is 0 Å². The summed E-state index contributed by atoms with van der Waals surface area (Å²) in [5, 5.41) is 7.49. The van der Waals surface area contributed by atoms with Crippen LogP contribution in [0.5, 0.6) is 0 Å². The first-order valence-corrected chi connectivity index (χ1v) is 9.43. The maximum absolute atomic E-state index is 5.47. The molecule has 2 aromatic heterocycles. The van der Waals surface area contributed by atoms with E-state index in [0.717, 1.165) is 33.9 Å². The Balaban J connectivity index is 1.57. The van der Waals surface area contributed by atoms with Crippen molar-refractivity contribution >= 4 is 51.0 Å². The van der Waals surface area contributed by atoms with Gasteiger partial charge in [-0.25, -0.2) is 4.98 Å². The van der Waals surface area contributed by atoms with E-state index >= 15 is 0 Å². The summed E-state index contributed by atoms with van der Waals surface area (Å²) in [6.07, 6.45) is 2.55. The summed E-state index contributed by atoms with van der Waals surface area (Å²) < 4.78 is 1.03. The van der Waals surface area contributed by atoms with E-state index in [1.54, 1.807) is 34.4 Å². The van der Waals surface area contributed by atoms with Gasteiger partial charge in [0.15, 0.2) is 0 Å². The number of nitrogens with zero attached hydrogens (tertiary/aromatic N) is 2. The molecule has 0 saturated carbocycles. The standard InChI is InChI=1S/C13H14N2S4/c16-13(15-4-1-2-5-15)19-9-11-8-18-12(14-11)10-3-6-17-7-10/h3,6-8H,1-2,4-5,9H2. The molecule has 3 heterocycles. The summed E-state index contributed by atoms with van der Waals surface area (Å²) in [5.41, 5.74) is 2.37. The number of likely N-dealkylation sites (tertiary alicyclic amines) is 1. The predicted octanol–water partition coefficient (Wildman–Crippen LogP) is 4.49. The lowest BCUT2D eigenvalue weighted by Gasteiger charge is -2.16. The first-order chi connectivity index (χ1) is 9.33. The summed E-state index contributed by atoms with van der Waals surface area (Å²) in [6, 6.07) is 2.12. The first-order valence-electron chi connectivity index (χ1n) is 6.21. The zero-order valence-electron chi connectivity index (χ0n) is 10.4. The third kappa shape index (κ3) is 3.37. The predicted molar refractivity (Wildman–Crippen MR) is 90.1 cm³/mol. The van der Waals surface area contributed by atoms with Crippen LogP contribution in [0.1, 0.15) is 18.5 Å². The highest BCUT2D eigenvalue weighted by Crippen LogP contribution is 2.28. The van der Waals surface area contributed by atoms with E-state index in [9.17, 15) is 0 Å². The minimum atomic E-state index is 0.885. The Bertz CT molecular complexity index is 541. The van der Waals surface area contributed by atoms with Crippen molar-refractivity contribution in [1.29, 1.82) is 0 Å². The van der Waals surface area contributed by atoms with Crippen LogP contribution >= 0.6 is 46.7 Å². The Labute approximate surface area is 130 Å². The Morgan fingerprint density at radius 2 is 2.21 bits per heavy atom. The molecular weight excluding hydrogens is 312 g/mol. The van der Waals surface area contributed by atoms with E-state index in [-0.39, 0.29) is 0 Å². The molecule has 0 spiro atoms. The Kier molecular flexibility index (Phi) is 4.53. The number of thiazole rings is 1. The Morgan fingerprint density at radius 3 is 2.95 bits per heavy atom. The van der Waals surface area contributed by atoms with E-state index in [2.05, 4.69) is 32.1 Å². The second-order valence-corrected chi connectivity index (χ2v) is 7.65. The highest BCUT2D eigenvalue weighted by atomic mass is 32.2. The molecule has 0 amide bonds. The van der Waals surface area contributed by atoms with Crippen molar-refractivity contribution in [3.8, 4) is 10.6 Å². The summed E-state index contributed by atoms with van der Waals surface area (Å²) >= 11 is 10.6. The van der Waals surface area contributed by atoms with Crippen molar-refractivity contribution in [2.45, 2.75) is 18.6 Å². The molecule has 0 unspecified atom stereocenters. The molecule has 1 saturated heterocycles. The molecule has 6 heteroatoms. The lowest BCUT2D eigenvalue weighted by molar-refractivity contribution is 0.539. The lowest BCUT2D eigenvalue weighted by Crippen LogP contribution is -2.23. The lowest BCUT2D eigenvalue weighted by atomic mass is 10.4. The van der Waals surface area contributed by atoms with Crippen molar-refractivity contribution in [2.75, 3.05) is 13.1 Å². The maximum Gasteiger partial charge on any atom is 0.136 e. The van der Waals surface area contributed by atoms with Crippen LogP contribution in [-0.4, -0.2) is 27.3 Å². The fourth-order valence-corrected chi connectivity index (χ4v) is 4.80. The van der Waals surface area contributed by atoms with Crippen LogP contribution in [0.15, 0.2) is 22.2 Å². The molecule has 0 radical (unpaired) electrons. The van der Waals surface area contributed by atoms with Gasteiger partial charge in [-0.15, -0.1) is 11.3 Å². The van der Waals surface area contributed by atoms with Crippen LogP contribution in [0.2, 0.25) is 0 Å². The topological polar surface area (TPSA) is 16.1 Å². The van der Waals surface area contributed by atoms with Gasteiger partial charge in [-0.1, -0.05) is 24.0 Å². The van der Waals surface area contributed by atoms with Crippen LogP contribution < -0.4 is 0 Å². The summed E-state index contributed by atoms with van der Waals surface area (Å²) in [4.78, 5) is 6.99. The van der Waals surface area contributed by atoms with Crippen LogP contribution in [0.3, 0.4) is 0 Å². The summed E-state index contributed by atoms with van der Waals surface area (Å²) in [7, 11) is 0. The minimum absolute atomic E-state index is 0.885. The van der Waals surface area contributed by atoms with Crippen LogP contribution in [0.4, 0.5) is 0 Å². The average Bonchev–Trinajstić information content (AvgIpc) is 3.14. The third-order valence-electron chi connectivity index (χ3n) is 3.03. The quantitative estimate of drug-likeness (QED) is 0.772. The summed E-state index contributed by atoms with van der Waals surface area (Å²) in [6.45, 7) is 2.26. The second kappa shape index (κ2) is 6.35. The van der Waals surface area contributed by atoms with Gasteiger partial charge in [0.2, 0.25) is 0 Å². The van der Waals surface area contributed by atoms with Gasteiger partial charge in [0.05, 0.1) is 5.69 Å². The molecule has 2 aromatic rings. The normalized spacial score (nSPS) is 15.1. The number of aromatic nitrogens is 1. The molecule has 0 bridgehead atoms. The zero-order chi connectivity index (χ0) is 13.1. The number of rotatable bonds is 3. The van der Waals surface area contributed by atoms with Gasteiger partial charge in [0.1, 0.15) is 9.33 Å². The van der Waals surface area contributed by atoms with Crippen LogP contribution in [-0.2, 0) is 5.75 Å². The van der Waals surface area contributed by atoms with E-state index in [1.807, 2.05) is 0 Å². The SMILES string of the molecule is S=C(SCc1csc(-c2ccsc2)n1)N1CCCC1. The minimum Gasteiger partial charge on any atom is -0.358 e. The highest BCUT2D eigenvalue weighted by molar-refractivity contribution is 8.22. The van der Waals surface area contributed by atoms with Crippen LogP contribution in [0, 0.1) is 0 Å². The molecule has 0 N–H and O–H groups in total. The number of thiocarbonyl (C=S) groups is 1. The van der Waals surface area contributed by atoms with Gasteiger partial charge < -0.3 is 4.90 Å². The zero-order valence-corrected chi connectivity index (χ0v) is 13.6. The molecule has 2 nitrogen and oxygen atoms in total. The van der Waals surface area contributed by atoms with E-state index in [4.69, 9.17) is 12.2 Å². The smallest absolute Gasteiger partial charge is 0.136 e. The van der Waals surface area contributed by atoms with Gasteiger partial charge in [-0.05, 0) is 24.3 Å². The summed E-state index contributed by atoms with van der Waals surface area (Å²) in [5.74, 6) is 0.885. The molecule has 1 fully saturated rings. The van der Waals surface area contributed by atoms with Gasteiger partial charge in [0.25, 0.3) is 0 Å². The molecule has 3 rings (SSSR count). The molecule has 19 heavy (non-hydrogen) atoms. The van der Waals surface area contributed by atoms with Crippen molar-refractivity contribution < 1.29 is 0 Å². The van der Waals surface area contributed by atoms with Crippen molar-refractivity contribution in [2.24, 2.45) is 0 Å². The molecule has 1 aliphatic heterocycles. The average molecular weight is 327 g/mol. The maximum atomic E-state index is 5.47. The number of thiophene rings is 1. The van der Waals surface area contributed by atoms with Crippen LogP contribution in [0.25, 0.3) is 10.6 Å². The van der Waals surface area contributed by atoms with Gasteiger partial charge in [0, 0.05) is 35.2 Å².